The van der Waals surface area contributed by atoms with Crippen molar-refractivity contribution in [2.24, 2.45) is 5.92 Å². The molecule has 4 aromatic heterocycles. The molecule has 0 spiro atoms. The molecule has 37 heavy (non-hydrogen) atoms. The van der Waals surface area contributed by atoms with Crippen molar-refractivity contribution in [3.05, 3.63) is 48.3 Å². The summed E-state index contributed by atoms with van der Waals surface area (Å²) in [6.45, 7) is 2.27. The SMILES string of the molecule is COc1cc(OCC2CCCN(c3cc(C#N)ccn3)C2)c2cc(-c3cn4nc(OC)sc4n3)oc2c1. The highest BCUT2D eigenvalue weighted by Crippen LogP contribution is 2.38. The Balaban J connectivity index is 1.23. The zero-order chi connectivity index (χ0) is 25.4. The second kappa shape index (κ2) is 9.63. The van der Waals surface area contributed by atoms with Crippen molar-refractivity contribution < 1.29 is 18.6 Å². The van der Waals surface area contributed by atoms with Crippen LogP contribution in [0.5, 0.6) is 16.7 Å². The van der Waals surface area contributed by atoms with Gasteiger partial charge in [0.1, 0.15) is 28.6 Å². The van der Waals surface area contributed by atoms with E-state index in [2.05, 4.69) is 26.0 Å². The van der Waals surface area contributed by atoms with Crippen LogP contribution in [0.1, 0.15) is 18.4 Å². The fourth-order valence-corrected chi connectivity index (χ4v) is 5.31. The number of nitrogens with zero attached hydrogens (tertiary/aromatic N) is 6. The molecule has 0 amide bonds. The lowest BCUT2D eigenvalue weighted by Crippen LogP contribution is -2.38. The molecule has 1 unspecified atom stereocenters. The number of methoxy groups -OCH3 is 2. The molecule has 0 bridgehead atoms. The Bertz CT molecular complexity index is 1590. The molecule has 0 saturated carbocycles. The van der Waals surface area contributed by atoms with E-state index in [-0.39, 0.29) is 0 Å². The maximum Gasteiger partial charge on any atom is 0.294 e. The van der Waals surface area contributed by atoms with Gasteiger partial charge in [-0.2, -0.15) is 5.26 Å². The van der Waals surface area contributed by atoms with E-state index in [0.29, 0.717) is 51.8 Å². The summed E-state index contributed by atoms with van der Waals surface area (Å²) in [5.41, 5.74) is 1.96. The number of aromatic nitrogens is 4. The van der Waals surface area contributed by atoms with Crippen LogP contribution in [0.2, 0.25) is 0 Å². The first-order valence-electron chi connectivity index (χ1n) is 11.9. The first kappa shape index (κ1) is 23.1. The van der Waals surface area contributed by atoms with Gasteiger partial charge in [-0.25, -0.2) is 14.5 Å². The molecule has 5 heterocycles. The Kier molecular flexibility index (Phi) is 6.02. The Morgan fingerprint density at radius 2 is 2.14 bits per heavy atom. The lowest BCUT2D eigenvalue weighted by molar-refractivity contribution is 0.230. The van der Waals surface area contributed by atoms with Gasteiger partial charge in [0, 0.05) is 37.3 Å². The largest absolute Gasteiger partial charge is 0.496 e. The number of pyridine rings is 1. The number of hydrogen-bond acceptors (Lipinski definition) is 10. The van der Waals surface area contributed by atoms with Crippen molar-refractivity contribution in [2.45, 2.75) is 12.8 Å². The molecule has 188 valence electrons. The van der Waals surface area contributed by atoms with Crippen molar-refractivity contribution >= 4 is 33.1 Å². The lowest BCUT2D eigenvalue weighted by Gasteiger charge is -2.33. The normalized spacial score (nSPS) is 15.7. The van der Waals surface area contributed by atoms with Gasteiger partial charge in [-0.15, -0.1) is 5.10 Å². The van der Waals surface area contributed by atoms with Gasteiger partial charge in [0.15, 0.2) is 5.76 Å². The Hall–Kier alpha value is -4.30. The molecule has 0 N–H and O–H groups in total. The first-order chi connectivity index (χ1) is 18.1. The highest BCUT2D eigenvalue weighted by Gasteiger charge is 2.23. The molecule has 0 aliphatic carbocycles. The lowest BCUT2D eigenvalue weighted by atomic mass is 9.99. The molecule has 1 fully saturated rings. The van der Waals surface area contributed by atoms with Crippen LogP contribution >= 0.6 is 11.3 Å². The summed E-state index contributed by atoms with van der Waals surface area (Å²) >= 11 is 1.36. The minimum atomic E-state index is 0.315. The maximum atomic E-state index is 9.23. The Morgan fingerprint density at radius 3 is 2.95 bits per heavy atom. The minimum absolute atomic E-state index is 0.315. The zero-order valence-corrected chi connectivity index (χ0v) is 21.2. The van der Waals surface area contributed by atoms with Crippen molar-refractivity contribution in [1.29, 1.82) is 5.26 Å². The summed E-state index contributed by atoms with van der Waals surface area (Å²) < 4.78 is 24.9. The van der Waals surface area contributed by atoms with E-state index in [9.17, 15) is 5.26 Å². The zero-order valence-electron chi connectivity index (χ0n) is 20.4. The maximum absolute atomic E-state index is 9.23. The molecule has 11 heteroatoms. The van der Waals surface area contributed by atoms with Gasteiger partial charge in [-0.05, 0) is 42.4 Å². The number of piperidine rings is 1. The van der Waals surface area contributed by atoms with Gasteiger partial charge >= 0.3 is 0 Å². The summed E-state index contributed by atoms with van der Waals surface area (Å²) in [4.78, 5) is 12.0. The van der Waals surface area contributed by atoms with Crippen LogP contribution in [0.25, 0.3) is 27.4 Å². The average Bonchev–Trinajstić information content (AvgIpc) is 3.65. The van der Waals surface area contributed by atoms with Crippen molar-refractivity contribution in [2.75, 3.05) is 38.8 Å². The number of benzene rings is 1. The van der Waals surface area contributed by atoms with Crippen LogP contribution in [0.15, 0.2) is 47.1 Å². The summed E-state index contributed by atoms with van der Waals surface area (Å²) in [7, 11) is 3.21. The van der Waals surface area contributed by atoms with E-state index < -0.39 is 0 Å². The highest BCUT2D eigenvalue weighted by atomic mass is 32.1. The number of rotatable bonds is 7. The van der Waals surface area contributed by atoms with E-state index in [1.54, 1.807) is 31.0 Å². The summed E-state index contributed by atoms with van der Waals surface area (Å²) in [6, 6.07) is 11.4. The fraction of sp³-hybridized carbons (Fsp3) is 0.308. The topological polar surface area (TPSA) is 111 Å². The van der Waals surface area contributed by atoms with E-state index in [1.165, 1.54) is 11.3 Å². The quantitative estimate of drug-likeness (QED) is 0.302. The predicted molar refractivity (Wildman–Crippen MR) is 139 cm³/mol. The molecule has 1 aliphatic rings. The van der Waals surface area contributed by atoms with Gasteiger partial charge in [-0.3, -0.25) is 0 Å². The highest BCUT2D eigenvalue weighted by molar-refractivity contribution is 7.18. The molecule has 1 atom stereocenters. The summed E-state index contributed by atoms with van der Waals surface area (Å²) in [5.74, 6) is 3.13. The second-order valence-electron chi connectivity index (χ2n) is 8.85. The third-order valence-electron chi connectivity index (χ3n) is 6.45. The molecule has 1 saturated heterocycles. The van der Waals surface area contributed by atoms with Gasteiger partial charge in [-0.1, -0.05) is 0 Å². The molecule has 0 radical (unpaired) electrons. The number of imidazole rings is 1. The van der Waals surface area contributed by atoms with E-state index in [1.807, 2.05) is 30.5 Å². The number of hydrogen-bond donors (Lipinski definition) is 0. The number of anilines is 1. The third-order valence-corrected chi connectivity index (χ3v) is 7.34. The molecule has 1 aliphatic heterocycles. The number of ether oxygens (including phenoxy) is 3. The number of nitriles is 1. The summed E-state index contributed by atoms with van der Waals surface area (Å²) in [6.07, 6.45) is 5.59. The van der Waals surface area contributed by atoms with Crippen LogP contribution in [0.3, 0.4) is 0 Å². The second-order valence-corrected chi connectivity index (χ2v) is 9.77. The minimum Gasteiger partial charge on any atom is -0.496 e. The van der Waals surface area contributed by atoms with Gasteiger partial charge in [0.05, 0.1) is 44.0 Å². The van der Waals surface area contributed by atoms with E-state index in [0.717, 1.165) is 42.1 Å². The predicted octanol–water partition coefficient (Wildman–Crippen LogP) is 4.78. The van der Waals surface area contributed by atoms with Crippen molar-refractivity contribution in [1.82, 2.24) is 19.6 Å². The van der Waals surface area contributed by atoms with Gasteiger partial charge < -0.3 is 23.5 Å². The smallest absolute Gasteiger partial charge is 0.294 e. The molecular formula is C26H24N6O4S. The molecule has 1 aromatic carbocycles. The molecular weight excluding hydrogens is 492 g/mol. The molecule has 5 aromatic rings. The molecule has 10 nitrogen and oxygen atoms in total. The van der Waals surface area contributed by atoms with Crippen LogP contribution in [-0.2, 0) is 0 Å². The van der Waals surface area contributed by atoms with Gasteiger partial charge in [0.2, 0.25) is 4.96 Å². The Labute approximate surface area is 216 Å². The van der Waals surface area contributed by atoms with E-state index in [4.69, 9.17) is 18.6 Å². The van der Waals surface area contributed by atoms with Crippen LogP contribution in [0.4, 0.5) is 5.82 Å². The Morgan fingerprint density at radius 1 is 1.22 bits per heavy atom. The van der Waals surface area contributed by atoms with E-state index >= 15 is 0 Å². The van der Waals surface area contributed by atoms with Crippen LogP contribution in [-0.4, -0.2) is 53.5 Å². The number of furan rings is 1. The number of fused-ring (bicyclic) bond motifs is 2. The van der Waals surface area contributed by atoms with Crippen molar-refractivity contribution in [3.63, 3.8) is 0 Å². The van der Waals surface area contributed by atoms with Crippen molar-refractivity contribution in [3.8, 4) is 34.2 Å². The standard InChI is InChI=1S/C26H24N6O4S/c1-33-18-9-21(35-15-17-4-3-7-31(13-17)24-8-16(12-27)5-6-28-24)19-11-23(36-22(19)10-18)20-14-32-25(29-20)37-26(30-32)34-2/h5-6,8-11,14,17H,3-4,7,13,15H2,1-2H3. The first-order valence-corrected chi connectivity index (χ1v) is 12.7. The van der Waals surface area contributed by atoms with Crippen LogP contribution < -0.4 is 19.1 Å². The van der Waals surface area contributed by atoms with Crippen LogP contribution in [0, 0.1) is 17.2 Å². The molecule has 6 rings (SSSR count). The average molecular weight is 517 g/mol. The van der Waals surface area contributed by atoms with Gasteiger partial charge in [0.25, 0.3) is 5.19 Å². The monoisotopic (exact) mass is 516 g/mol. The summed E-state index contributed by atoms with van der Waals surface area (Å²) in [5, 5.41) is 15.0. The fourth-order valence-electron chi connectivity index (χ4n) is 4.61. The third kappa shape index (κ3) is 4.51.